The Morgan fingerprint density at radius 1 is 0.268 bits per heavy atom. The number of anilines is 12. The highest BCUT2D eigenvalue weighted by Gasteiger charge is 2.41. The molecule has 0 bridgehead atoms. The summed E-state index contributed by atoms with van der Waals surface area (Å²) in [4.78, 5) is 9.70. The van der Waals surface area contributed by atoms with Gasteiger partial charge < -0.3 is 19.6 Å². The molecule has 5 heteroatoms. The third-order valence-electron chi connectivity index (χ3n) is 16.5. The van der Waals surface area contributed by atoms with Gasteiger partial charge in [-0.25, -0.2) is 0 Å². The van der Waals surface area contributed by atoms with Crippen molar-refractivity contribution in [3.05, 3.63) is 314 Å². The van der Waals surface area contributed by atoms with Gasteiger partial charge in [-0.3, -0.25) is 0 Å². The third-order valence-corrected chi connectivity index (χ3v) is 17.7. The molecular weight excluding hydrogens is 1010 g/mol. The molecule has 0 spiro atoms. The molecule has 4 nitrogen and oxygen atoms in total. The number of rotatable bonds is 12. The van der Waals surface area contributed by atoms with Crippen molar-refractivity contribution in [3.8, 4) is 11.1 Å². The van der Waals surface area contributed by atoms with Crippen molar-refractivity contribution in [2.45, 2.75) is 19.3 Å². The average molecular weight is 1070 g/mol. The first kappa shape index (κ1) is 48.9. The molecule has 1 aromatic heterocycles. The standard InChI is InChI=1S/C77H56N4S/c1-77(2)71-51-62(80(57-34-17-7-18-35-57)60-39-25-38-59(48-60)78(53-26-9-3-10-27-53)54-28-11-4-12-29-54)44-46-66(71)69-50-63(79(55-30-13-5-14-31-55)56-32-15-6-16-33-56)52-72(75(69)77)81(58-36-19-8-20-37-58)61-45-47-73-70(49-61)74-67-42-23-21-40-64(67)65-41-22-24-43-68(65)76(74)82-73/h3-52H,1-2H3. The molecule has 390 valence electrons. The lowest BCUT2D eigenvalue weighted by Gasteiger charge is -2.34. The summed E-state index contributed by atoms with van der Waals surface area (Å²) in [6.45, 7) is 4.86. The summed E-state index contributed by atoms with van der Waals surface area (Å²) in [5, 5.41) is 7.72. The van der Waals surface area contributed by atoms with Gasteiger partial charge in [-0.15, -0.1) is 11.3 Å². The molecule has 1 aliphatic carbocycles. The Balaban J connectivity index is 0.957. The number of para-hydroxylation sites is 6. The topological polar surface area (TPSA) is 13.0 Å². The lowest BCUT2D eigenvalue weighted by molar-refractivity contribution is 0.661. The van der Waals surface area contributed by atoms with E-state index in [-0.39, 0.29) is 0 Å². The van der Waals surface area contributed by atoms with Gasteiger partial charge in [0.05, 0.1) is 5.69 Å². The number of hydrogen-bond acceptors (Lipinski definition) is 5. The molecule has 0 unspecified atom stereocenters. The summed E-state index contributed by atoms with van der Waals surface area (Å²) in [6.07, 6.45) is 0. The fourth-order valence-electron chi connectivity index (χ4n) is 12.9. The van der Waals surface area contributed by atoms with E-state index in [9.17, 15) is 0 Å². The van der Waals surface area contributed by atoms with Crippen molar-refractivity contribution >= 4 is 121 Å². The number of hydrogen-bond donors (Lipinski definition) is 0. The molecule has 14 aromatic rings. The van der Waals surface area contributed by atoms with E-state index in [0.717, 1.165) is 68.2 Å². The molecule has 13 aromatic carbocycles. The van der Waals surface area contributed by atoms with Gasteiger partial charge in [0.15, 0.2) is 0 Å². The molecule has 0 aliphatic heterocycles. The van der Waals surface area contributed by atoms with Gasteiger partial charge in [-0.05, 0) is 172 Å². The minimum atomic E-state index is -0.470. The summed E-state index contributed by atoms with van der Waals surface area (Å²) in [5.74, 6) is 0. The Morgan fingerprint density at radius 2 is 0.659 bits per heavy atom. The van der Waals surface area contributed by atoms with Crippen LogP contribution in [0.5, 0.6) is 0 Å². The van der Waals surface area contributed by atoms with Crippen molar-refractivity contribution in [1.29, 1.82) is 0 Å². The SMILES string of the molecule is CC1(C)c2cc(N(c3ccccc3)c3cccc(N(c4ccccc4)c4ccccc4)c3)ccc2-c2cc(N(c3ccccc3)c3ccccc3)cc(N(c3ccccc3)c3ccc4sc5c6ccccc6c6ccccc6c5c4c3)c21. The smallest absolute Gasteiger partial charge is 0.0529 e. The van der Waals surface area contributed by atoms with Crippen molar-refractivity contribution < 1.29 is 0 Å². The first-order valence-electron chi connectivity index (χ1n) is 28.2. The minimum Gasteiger partial charge on any atom is -0.310 e. The van der Waals surface area contributed by atoms with E-state index in [1.54, 1.807) is 0 Å². The number of thiophene rings is 1. The highest BCUT2D eigenvalue weighted by atomic mass is 32.1. The van der Waals surface area contributed by atoms with Crippen LogP contribution in [0.15, 0.2) is 303 Å². The molecule has 0 radical (unpaired) electrons. The Labute approximate surface area is 482 Å². The number of nitrogens with zero attached hydrogens (tertiary/aromatic N) is 4. The van der Waals surface area contributed by atoms with Crippen LogP contribution in [0.1, 0.15) is 25.0 Å². The average Bonchev–Trinajstić information content (AvgIpc) is 4.02. The van der Waals surface area contributed by atoms with E-state index < -0.39 is 5.41 Å². The molecule has 1 aliphatic rings. The van der Waals surface area contributed by atoms with Crippen molar-refractivity contribution in [2.75, 3.05) is 19.6 Å². The highest BCUT2D eigenvalue weighted by Crippen LogP contribution is 2.58. The molecule has 0 amide bonds. The van der Waals surface area contributed by atoms with Gasteiger partial charge in [0.1, 0.15) is 0 Å². The van der Waals surface area contributed by atoms with Crippen LogP contribution >= 0.6 is 11.3 Å². The van der Waals surface area contributed by atoms with Crippen LogP contribution in [0.2, 0.25) is 0 Å². The van der Waals surface area contributed by atoms with Gasteiger partial charge in [-0.2, -0.15) is 0 Å². The van der Waals surface area contributed by atoms with E-state index in [1.165, 1.54) is 64.0 Å². The van der Waals surface area contributed by atoms with Crippen LogP contribution in [0.3, 0.4) is 0 Å². The monoisotopic (exact) mass is 1070 g/mol. The summed E-state index contributed by atoms with van der Waals surface area (Å²) < 4.78 is 2.60. The Kier molecular flexibility index (Phi) is 12.0. The van der Waals surface area contributed by atoms with Gasteiger partial charge in [0.25, 0.3) is 0 Å². The summed E-state index contributed by atoms with van der Waals surface area (Å²) in [6, 6.07) is 111. The maximum atomic E-state index is 2.53. The lowest BCUT2D eigenvalue weighted by Crippen LogP contribution is -2.22. The number of benzene rings is 13. The second-order valence-corrected chi connectivity index (χ2v) is 22.7. The maximum Gasteiger partial charge on any atom is 0.0529 e. The molecule has 0 atom stereocenters. The molecule has 1 heterocycles. The zero-order chi connectivity index (χ0) is 54.7. The Hall–Kier alpha value is -10.2. The molecule has 15 rings (SSSR count). The zero-order valence-corrected chi connectivity index (χ0v) is 46.4. The van der Waals surface area contributed by atoms with E-state index in [2.05, 4.69) is 337 Å². The molecule has 0 saturated carbocycles. The Bertz CT molecular complexity index is 4580. The first-order chi connectivity index (χ1) is 40.5. The fourth-order valence-corrected chi connectivity index (χ4v) is 14.1. The summed E-state index contributed by atoms with van der Waals surface area (Å²) in [7, 11) is 0. The molecule has 0 saturated heterocycles. The summed E-state index contributed by atoms with van der Waals surface area (Å²) >= 11 is 1.90. The molecule has 0 fully saturated rings. The predicted octanol–water partition coefficient (Wildman–Crippen LogP) is 22.5. The van der Waals surface area contributed by atoms with E-state index in [1.807, 2.05) is 11.3 Å². The van der Waals surface area contributed by atoms with Crippen LogP contribution in [-0.2, 0) is 5.41 Å². The van der Waals surface area contributed by atoms with E-state index in [0.29, 0.717) is 0 Å². The van der Waals surface area contributed by atoms with Crippen molar-refractivity contribution in [3.63, 3.8) is 0 Å². The van der Waals surface area contributed by atoms with Gasteiger partial charge in [0.2, 0.25) is 0 Å². The van der Waals surface area contributed by atoms with E-state index >= 15 is 0 Å². The van der Waals surface area contributed by atoms with Crippen LogP contribution < -0.4 is 19.6 Å². The van der Waals surface area contributed by atoms with Crippen molar-refractivity contribution in [2.24, 2.45) is 0 Å². The summed E-state index contributed by atoms with van der Waals surface area (Å²) in [5.41, 5.74) is 17.5. The molecule has 0 N–H and O–H groups in total. The number of fused-ring (bicyclic) bond motifs is 11. The van der Waals surface area contributed by atoms with Crippen LogP contribution in [0.4, 0.5) is 68.2 Å². The second-order valence-electron chi connectivity index (χ2n) is 21.7. The highest BCUT2D eigenvalue weighted by molar-refractivity contribution is 7.27. The fraction of sp³-hybridized carbons (Fsp3) is 0.0390. The normalized spacial score (nSPS) is 12.4. The maximum absolute atomic E-state index is 2.53. The van der Waals surface area contributed by atoms with Gasteiger partial charge >= 0.3 is 0 Å². The molecular formula is C77H56N4S. The van der Waals surface area contributed by atoms with E-state index in [4.69, 9.17) is 0 Å². The largest absolute Gasteiger partial charge is 0.310 e. The third kappa shape index (κ3) is 8.28. The minimum absolute atomic E-state index is 0.470. The van der Waals surface area contributed by atoms with Gasteiger partial charge in [0, 0.05) is 93.5 Å². The van der Waals surface area contributed by atoms with Crippen molar-refractivity contribution in [1.82, 2.24) is 0 Å². The zero-order valence-electron chi connectivity index (χ0n) is 45.6. The predicted molar refractivity (Wildman–Crippen MR) is 351 cm³/mol. The second kappa shape index (κ2) is 20.2. The van der Waals surface area contributed by atoms with Gasteiger partial charge in [-0.1, -0.05) is 184 Å². The molecule has 82 heavy (non-hydrogen) atoms. The van der Waals surface area contributed by atoms with Crippen LogP contribution in [0.25, 0.3) is 52.8 Å². The Morgan fingerprint density at radius 3 is 1.18 bits per heavy atom. The quantitative estimate of drug-likeness (QED) is 0.113. The van der Waals surface area contributed by atoms with Crippen LogP contribution in [-0.4, -0.2) is 0 Å². The first-order valence-corrected chi connectivity index (χ1v) is 29.0. The lowest BCUT2D eigenvalue weighted by atomic mass is 9.80. The van der Waals surface area contributed by atoms with Crippen LogP contribution in [0, 0.1) is 0 Å².